The zero-order valence-corrected chi connectivity index (χ0v) is 17.8. The molecule has 164 valence electrons. The fraction of sp³-hybridized carbons (Fsp3) is 0.238. The van der Waals surface area contributed by atoms with Crippen molar-refractivity contribution in [2.24, 2.45) is 0 Å². The van der Waals surface area contributed by atoms with Gasteiger partial charge in [0.15, 0.2) is 11.5 Å². The minimum Gasteiger partial charge on any atom is -0.493 e. The van der Waals surface area contributed by atoms with Crippen LogP contribution in [0.1, 0.15) is 18.4 Å². The Hall–Kier alpha value is -3.53. The van der Waals surface area contributed by atoms with Gasteiger partial charge in [0.2, 0.25) is 5.91 Å². The van der Waals surface area contributed by atoms with Crippen molar-refractivity contribution in [2.75, 3.05) is 30.4 Å². The summed E-state index contributed by atoms with van der Waals surface area (Å²) in [5.41, 5.74) is 1.17. The van der Waals surface area contributed by atoms with E-state index in [1.54, 1.807) is 29.2 Å². The third-order valence-corrected chi connectivity index (χ3v) is 6.05. The van der Waals surface area contributed by atoms with Gasteiger partial charge in [0.25, 0.3) is 10.0 Å². The highest BCUT2D eigenvalue weighted by Gasteiger charge is 2.25. The summed E-state index contributed by atoms with van der Waals surface area (Å²) < 4.78 is 39.3. The molecule has 3 rings (SSSR count). The van der Waals surface area contributed by atoms with Crippen molar-refractivity contribution in [3.05, 3.63) is 48.0 Å². The second kappa shape index (κ2) is 9.09. The van der Waals surface area contributed by atoms with E-state index in [0.29, 0.717) is 24.2 Å². The summed E-state index contributed by atoms with van der Waals surface area (Å²) in [6, 6.07) is 9.30. The number of hydrogen-bond donors (Lipinski definition) is 2. The van der Waals surface area contributed by atoms with Crippen LogP contribution in [0.25, 0.3) is 6.08 Å². The molecule has 1 fully saturated rings. The topological polar surface area (TPSA) is 122 Å². The number of benzene rings is 2. The van der Waals surface area contributed by atoms with E-state index in [1.807, 2.05) is 0 Å². The molecule has 1 saturated heterocycles. The first-order valence-corrected chi connectivity index (χ1v) is 10.8. The van der Waals surface area contributed by atoms with Crippen molar-refractivity contribution >= 4 is 39.4 Å². The van der Waals surface area contributed by atoms with E-state index in [2.05, 4.69) is 4.72 Å². The number of aliphatic carboxylic acids is 1. The zero-order chi connectivity index (χ0) is 22.6. The van der Waals surface area contributed by atoms with Gasteiger partial charge in [-0.3, -0.25) is 9.52 Å². The molecule has 2 aromatic carbocycles. The van der Waals surface area contributed by atoms with E-state index >= 15 is 0 Å². The number of methoxy groups -OCH3 is 2. The largest absolute Gasteiger partial charge is 0.493 e. The molecule has 31 heavy (non-hydrogen) atoms. The molecular weight excluding hydrogens is 424 g/mol. The molecule has 0 atom stereocenters. The molecule has 1 heterocycles. The number of hydrogen-bond acceptors (Lipinski definition) is 6. The molecule has 0 bridgehead atoms. The summed E-state index contributed by atoms with van der Waals surface area (Å²) >= 11 is 0. The second-order valence-corrected chi connectivity index (χ2v) is 8.38. The molecule has 0 radical (unpaired) electrons. The lowest BCUT2D eigenvalue weighted by molar-refractivity contribution is -0.131. The van der Waals surface area contributed by atoms with Crippen molar-refractivity contribution < 1.29 is 32.6 Å². The molecule has 10 heteroatoms. The maximum atomic E-state index is 13.2. The van der Waals surface area contributed by atoms with Gasteiger partial charge in [0.05, 0.1) is 19.9 Å². The minimum absolute atomic E-state index is 0.00988. The highest BCUT2D eigenvalue weighted by Crippen LogP contribution is 2.37. The summed E-state index contributed by atoms with van der Waals surface area (Å²) in [4.78, 5) is 24.2. The predicted molar refractivity (Wildman–Crippen MR) is 115 cm³/mol. The first-order chi connectivity index (χ1) is 14.7. The number of nitrogens with one attached hydrogen (secondary N) is 1. The standard InChI is InChI=1S/C21H22N2O7S/c1-29-17-11-14(8-9-20(25)26)12-18(21(17)30-2)31(27,28)22-15-5-3-6-16(13-15)23-10-4-7-19(23)24/h3,5-6,8-9,11-13,22H,4,7,10H2,1-2H3,(H,25,26)/b9-8-. The van der Waals surface area contributed by atoms with Crippen LogP contribution in [0.2, 0.25) is 0 Å². The molecule has 2 N–H and O–H groups in total. The molecule has 2 aromatic rings. The van der Waals surface area contributed by atoms with Crippen LogP contribution >= 0.6 is 0 Å². The van der Waals surface area contributed by atoms with Crippen LogP contribution in [0, 0.1) is 0 Å². The van der Waals surface area contributed by atoms with Gasteiger partial charge in [-0.1, -0.05) is 6.07 Å². The van der Waals surface area contributed by atoms with E-state index in [-0.39, 0.29) is 28.0 Å². The smallest absolute Gasteiger partial charge is 0.328 e. The van der Waals surface area contributed by atoms with E-state index in [1.165, 1.54) is 32.4 Å². The van der Waals surface area contributed by atoms with Crippen LogP contribution in [0.15, 0.2) is 47.4 Å². The SMILES string of the molecule is COc1cc(/C=C\C(=O)O)cc(S(=O)(=O)Nc2cccc(N3CCCC3=O)c2)c1OC. The first-order valence-electron chi connectivity index (χ1n) is 9.35. The third kappa shape index (κ3) is 4.97. The summed E-state index contributed by atoms with van der Waals surface area (Å²) in [6.07, 6.45) is 3.36. The van der Waals surface area contributed by atoms with Crippen molar-refractivity contribution in [1.82, 2.24) is 0 Å². The van der Waals surface area contributed by atoms with Gasteiger partial charge in [-0.05, 0) is 48.4 Å². The maximum absolute atomic E-state index is 13.2. The molecule has 0 aliphatic carbocycles. The average Bonchev–Trinajstić information content (AvgIpc) is 3.17. The molecule has 0 unspecified atom stereocenters. The molecule has 0 saturated carbocycles. The minimum atomic E-state index is -4.14. The number of amides is 1. The number of ether oxygens (including phenoxy) is 2. The predicted octanol–water partition coefficient (Wildman–Crippen LogP) is 2.73. The number of carboxylic acids is 1. The third-order valence-electron chi connectivity index (χ3n) is 4.66. The Labute approximate surface area is 179 Å². The Morgan fingerprint density at radius 2 is 1.97 bits per heavy atom. The molecule has 1 amide bonds. The maximum Gasteiger partial charge on any atom is 0.328 e. The Bertz CT molecular complexity index is 1140. The fourth-order valence-electron chi connectivity index (χ4n) is 3.28. The van der Waals surface area contributed by atoms with Gasteiger partial charge in [0, 0.05) is 24.7 Å². The average molecular weight is 446 g/mol. The van der Waals surface area contributed by atoms with Crippen molar-refractivity contribution in [1.29, 1.82) is 0 Å². The van der Waals surface area contributed by atoms with Crippen LogP contribution in [0.4, 0.5) is 11.4 Å². The van der Waals surface area contributed by atoms with Crippen molar-refractivity contribution in [3.63, 3.8) is 0 Å². The highest BCUT2D eigenvalue weighted by atomic mass is 32.2. The lowest BCUT2D eigenvalue weighted by Gasteiger charge is -2.18. The van der Waals surface area contributed by atoms with Crippen molar-refractivity contribution in [3.8, 4) is 11.5 Å². The fourth-order valence-corrected chi connectivity index (χ4v) is 4.55. The number of carboxylic acid groups (broad SMARTS) is 1. The second-order valence-electron chi connectivity index (χ2n) is 6.73. The number of nitrogens with zero attached hydrogens (tertiary/aromatic N) is 1. The van der Waals surface area contributed by atoms with Crippen LogP contribution in [0.3, 0.4) is 0 Å². The Kier molecular flexibility index (Phi) is 6.50. The number of rotatable bonds is 8. The van der Waals surface area contributed by atoms with Gasteiger partial charge in [-0.25, -0.2) is 13.2 Å². The number of anilines is 2. The molecule has 0 aromatic heterocycles. The summed E-state index contributed by atoms with van der Waals surface area (Å²) in [7, 11) is -1.48. The lowest BCUT2D eigenvalue weighted by atomic mass is 10.2. The van der Waals surface area contributed by atoms with Gasteiger partial charge in [-0.2, -0.15) is 0 Å². The first kappa shape index (κ1) is 22.2. The molecular formula is C21H22N2O7S. The monoisotopic (exact) mass is 446 g/mol. The van der Waals surface area contributed by atoms with Crippen LogP contribution in [-0.4, -0.2) is 46.2 Å². The van der Waals surface area contributed by atoms with Gasteiger partial charge in [-0.15, -0.1) is 0 Å². The number of carbonyl (C=O) groups is 2. The van der Waals surface area contributed by atoms with Crippen LogP contribution in [0.5, 0.6) is 11.5 Å². The van der Waals surface area contributed by atoms with E-state index in [9.17, 15) is 18.0 Å². The van der Waals surface area contributed by atoms with E-state index < -0.39 is 16.0 Å². The van der Waals surface area contributed by atoms with E-state index in [0.717, 1.165) is 12.5 Å². The number of sulfonamides is 1. The normalized spacial score (nSPS) is 14.1. The van der Waals surface area contributed by atoms with Gasteiger partial charge in [0.1, 0.15) is 4.90 Å². The Morgan fingerprint density at radius 1 is 1.19 bits per heavy atom. The molecule has 0 spiro atoms. The van der Waals surface area contributed by atoms with Gasteiger partial charge >= 0.3 is 5.97 Å². The summed E-state index contributed by atoms with van der Waals surface area (Å²) in [5.74, 6) is -1.07. The van der Waals surface area contributed by atoms with E-state index in [4.69, 9.17) is 14.6 Å². The molecule has 9 nitrogen and oxygen atoms in total. The lowest BCUT2D eigenvalue weighted by Crippen LogP contribution is -2.23. The summed E-state index contributed by atoms with van der Waals surface area (Å²) in [6.45, 7) is 0.581. The quantitative estimate of drug-likeness (QED) is 0.598. The summed E-state index contributed by atoms with van der Waals surface area (Å²) in [5, 5.41) is 8.86. The van der Waals surface area contributed by atoms with Crippen LogP contribution in [-0.2, 0) is 19.6 Å². The number of carbonyl (C=O) groups excluding carboxylic acids is 1. The molecule has 1 aliphatic rings. The van der Waals surface area contributed by atoms with Gasteiger partial charge < -0.3 is 19.5 Å². The highest BCUT2D eigenvalue weighted by molar-refractivity contribution is 7.92. The Morgan fingerprint density at radius 3 is 2.58 bits per heavy atom. The van der Waals surface area contributed by atoms with Crippen molar-refractivity contribution in [2.45, 2.75) is 17.7 Å². The van der Waals surface area contributed by atoms with Crippen LogP contribution < -0.4 is 19.1 Å². The Balaban J connectivity index is 2.00. The zero-order valence-electron chi connectivity index (χ0n) is 17.0. The molecule has 1 aliphatic heterocycles.